The van der Waals surface area contributed by atoms with Crippen molar-refractivity contribution in [1.82, 2.24) is 14.5 Å². The van der Waals surface area contributed by atoms with Gasteiger partial charge in [-0.2, -0.15) is 0 Å². The highest BCUT2D eigenvalue weighted by molar-refractivity contribution is 5.76. The molecule has 1 amide bonds. The van der Waals surface area contributed by atoms with E-state index < -0.39 is 0 Å². The predicted octanol–water partition coefficient (Wildman–Crippen LogP) is 1.84. The van der Waals surface area contributed by atoms with Crippen molar-refractivity contribution in [1.29, 1.82) is 0 Å². The van der Waals surface area contributed by atoms with Gasteiger partial charge in [0.2, 0.25) is 5.91 Å². The monoisotopic (exact) mass is 291 g/mol. The molecule has 1 aliphatic rings. The zero-order chi connectivity index (χ0) is 15.2. The van der Waals surface area contributed by atoms with E-state index in [1.807, 2.05) is 4.90 Å². The Bertz CT molecular complexity index is 539. The topological polar surface area (TPSA) is 55.2 Å². The first-order valence-electron chi connectivity index (χ1n) is 7.93. The molecule has 0 aromatic carbocycles. The van der Waals surface area contributed by atoms with E-state index >= 15 is 0 Å². The SMILES string of the molecule is CCCCc1cc(=O)n(CC(=O)N2CCCC(C)C2)cn1. The summed E-state index contributed by atoms with van der Waals surface area (Å²) in [6, 6.07) is 1.56. The van der Waals surface area contributed by atoms with Crippen LogP contribution in [-0.4, -0.2) is 33.4 Å². The van der Waals surface area contributed by atoms with Crippen molar-refractivity contribution < 1.29 is 4.79 Å². The van der Waals surface area contributed by atoms with Gasteiger partial charge in [-0.3, -0.25) is 14.2 Å². The smallest absolute Gasteiger partial charge is 0.253 e. The molecule has 1 atom stereocenters. The van der Waals surface area contributed by atoms with Crippen molar-refractivity contribution in [3.8, 4) is 0 Å². The van der Waals surface area contributed by atoms with E-state index in [1.54, 1.807) is 6.07 Å². The molecular formula is C16H25N3O2. The minimum atomic E-state index is -0.130. The molecule has 2 heterocycles. The summed E-state index contributed by atoms with van der Waals surface area (Å²) < 4.78 is 1.41. The average Bonchev–Trinajstić information content (AvgIpc) is 2.47. The molecule has 0 saturated carbocycles. The fourth-order valence-corrected chi connectivity index (χ4v) is 2.74. The van der Waals surface area contributed by atoms with Crippen molar-refractivity contribution >= 4 is 5.91 Å². The van der Waals surface area contributed by atoms with Gasteiger partial charge in [0.05, 0.1) is 6.33 Å². The Morgan fingerprint density at radius 3 is 2.95 bits per heavy atom. The molecule has 1 aliphatic heterocycles. The standard InChI is InChI=1S/C16H25N3O2/c1-3-4-7-14-9-15(20)19(12-17-14)11-16(21)18-8-5-6-13(2)10-18/h9,12-13H,3-8,10-11H2,1-2H3. The van der Waals surface area contributed by atoms with E-state index in [0.29, 0.717) is 5.92 Å². The number of rotatable bonds is 5. The lowest BCUT2D eigenvalue weighted by atomic mass is 10.0. The molecule has 1 unspecified atom stereocenters. The average molecular weight is 291 g/mol. The van der Waals surface area contributed by atoms with Gasteiger partial charge in [0.25, 0.3) is 5.56 Å². The second kappa shape index (κ2) is 7.38. The number of piperidine rings is 1. The Kier molecular flexibility index (Phi) is 5.53. The third kappa shape index (κ3) is 4.41. The molecule has 1 fully saturated rings. The number of unbranched alkanes of at least 4 members (excludes halogenated alkanes) is 1. The van der Waals surface area contributed by atoms with Crippen molar-refractivity contribution in [2.75, 3.05) is 13.1 Å². The van der Waals surface area contributed by atoms with Crippen molar-refractivity contribution in [2.45, 2.75) is 52.5 Å². The number of carbonyl (C=O) groups is 1. The lowest BCUT2D eigenvalue weighted by molar-refractivity contribution is -0.133. The number of aryl methyl sites for hydroxylation is 1. The highest BCUT2D eigenvalue weighted by Crippen LogP contribution is 2.15. The van der Waals surface area contributed by atoms with Crippen LogP contribution in [-0.2, 0) is 17.8 Å². The van der Waals surface area contributed by atoms with E-state index in [1.165, 1.54) is 17.3 Å². The number of hydrogen-bond acceptors (Lipinski definition) is 3. The number of carbonyl (C=O) groups excluding carboxylic acids is 1. The van der Waals surface area contributed by atoms with Crippen LogP contribution >= 0.6 is 0 Å². The summed E-state index contributed by atoms with van der Waals surface area (Å²) in [6.45, 7) is 5.98. The third-order valence-corrected chi connectivity index (χ3v) is 4.04. The Morgan fingerprint density at radius 2 is 2.29 bits per heavy atom. The number of hydrogen-bond donors (Lipinski definition) is 0. The normalized spacial score (nSPS) is 18.8. The Balaban J connectivity index is 1.99. The summed E-state index contributed by atoms with van der Waals surface area (Å²) in [5.74, 6) is 0.570. The lowest BCUT2D eigenvalue weighted by Crippen LogP contribution is -2.42. The van der Waals surface area contributed by atoms with E-state index in [4.69, 9.17) is 0 Å². The molecule has 1 aromatic rings. The molecular weight excluding hydrogens is 266 g/mol. The van der Waals surface area contributed by atoms with Crippen LogP contribution in [0.3, 0.4) is 0 Å². The van der Waals surface area contributed by atoms with Crippen LogP contribution in [0.5, 0.6) is 0 Å². The maximum Gasteiger partial charge on any atom is 0.253 e. The van der Waals surface area contributed by atoms with Crippen molar-refractivity contribution in [3.05, 3.63) is 28.4 Å². The maximum absolute atomic E-state index is 12.3. The highest BCUT2D eigenvalue weighted by Gasteiger charge is 2.21. The van der Waals surface area contributed by atoms with Gasteiger partial charge in [-0.15, -0.1) is 0 Å². The van der Waals surface area contributed by atoms with Crippen LogP contribution in [0.1, 0.15) is 45.2 Å². The Labute approximate surface area is 126 Å². The van der Waals surface area contributed by atoms with Gasteiger partial charge >= 0.3 is 0 Å². The molecule has 1 aromatic heterocycles. The molecule has 116 valence electrons. The number of aromatic nitrogens is 2. The van der Waals surface area contributed by atoms with Gasteiger partial charge < -0.3 is 4.90 Å². The summed E-state index contributed by atoms with van der Waals surface area (Å²) in [7, 11) is 0. The molecule has 5 nitrogen and oxygen atoms in total. The molecule has 5 heteroatoms. The van der Waals surface area contributed by atoms with E-state index in [-0.39, 0.29) is 18.0 Å². The summed E-state index contributed by atoms with van der Waals surface area (Å²) in [4.78, 5) is 30.4. The molecule has 0 N–H and O–H groups in total. The molecule has 0 radical (unpaired) electrons. The second-order valence-electron chi connectivity index (χ2n) is 6.04. The first-order valence-corrected chi connectivity index (χ1v) is 7.93. The summed E-state index contributed by atoms with van der Waals surface area (Å²) in [5.41, 5.74) is 0.687. The molecule has 1 saturated heterocycles. The molecule has 2 rings (SSSR count). The van der Waals surface area contributed by atoms with Crippen LogP contribution in [0.15, 0.2) is 17.2 Å². The first kappa shape index (κ1) is 15.7. The van der Waals surface area contributed by atoms with Crippen LogP contribution in [0.4, 0.5) is 0 Å². The fraction of sp³-hybridized carbons (Fsp3) is 0.688. The third-order valence-electron chi connectivity index (χ3n) is 4.04. The van der Waals surface area contributed by atoms with Gasteiger partial charge in [0, 0.05) is 24.8 Å². The second-order valence-corrected chi connectivity index (χ2v) is 6.04. The van der Waals surface area contributed by atoms with E-state index in [9.17, 15) is 9.59 Å². The summed E-state index contributed by atoms with van der Waals surface area (Å²) in [5, 5.41) is 0. The van der Waals surface area contributed by atoms with Crippen LogP contribution < -0.4 is 5.56 Å². The van der Waals surface area contributed by atoms with E-state index in [0.717, 1.165) is 44.5 Å². The van der Waals surface area contributed by atoms with Crippen LogP contribution in [0.25, 0.3) is 0 Å². The van der Waals surface area contributed by atoms with Crippen LogP contribution in [0.2, 0.25) is 0 Å². The van der Waals surface area contributed by atoms with Crippen molar-refractivity contribution in [3.63, 3.8) is 0 Å². The molecule has 21 heavy (non-hydrogen) atoms. The first-order chi connectivity index (χ1) is 10.1. The van der Waals surface area contributed by atoms with Gasteiger partial charge in [-0.1, -0.05) is 20.3 Å². The highest BCUT2D eigenvalue weighted by atomic mass is 16.2. The zero-order valence-electron chi connectivity index (χ0n) is 13.0. The summed E-state index contributed by atoms with van der Waals surface area (Å²) >= 11 is 0. The molecule has 0 bridgehead atoms. The zero-order valence-corrected chi connectivity index (χ0v) is 13.0. The Morgan fingerprint density at radius 1 is 1.48 bits per heavy atom. The number of nitrogens with zero attached hydrogens (tertiary/aromatic N) is 3. The molecule has 0 aliphatic carbocycles. The number of likely N-dealkylation sites (tertiary alicyclic amines) is 1. The van der Waals surface area contributed by atoms with E-state index in [2.05, 4.69) is 18.8 Å². The van der Waals surface area contributed by atoms with Gasteiger partial charge in [-0.25, -0.2) is 4.98 Å². The van der Waals surface area contributed by atoms with Crippen LogP contribution in [0, 0.1) is 5.92 Å². The predicted molar refractivity (Wildman–Crippen MR) is 82.1 cm³/mol. The van der Waals surface area contributed by atoms with Gasteiger partial charge in [0.1, 0.15) is 6.54 Å². The lowest BCUT2D eigenvalue weighted by Gasteiger charge is -2.31. The summed E-state index contributed by atoms with van der Waals surface area (Å²) in [6.07, 6.45) is 6.67. The minimum Gasteiger partial charge on any atom is -0.341 e. The maximum atomic E-state index is 12.3. The molecule has 0 spiro atoms. The largest absolute Gasteiger partial charge is 0.341 e. The van der Waals surface area contributed by atoms with Gasteiger partial charge in [0.15, 0.2) is 0 Å². The quantitative estimate of drug-likeness (QED) is 0.832. The fourth-order valence-electron chi connectivity index (χ4n) is 2.74. The van der Waals surface area contributed by atoms with Gasteiger partial charge in [-0.05, 0) is 31.6 Å². The Hall–Kier alpha value is -1.65. The van der Waals surface area contributed by atoms with Crippen molar-refractivity contribution in [2.24, 2.45) is 5.92 Å². The number of amides is 1. The minimum absolute atomic E-state index is 0.0201.